The monoisotopic (exact) mass is 721 g/mol. The molecule has 8 heteroatoms. The Hall–Kier alpha value is -5.31. The Bertz CT molecular complexity index is 2820. The van der Waals surface area contributed by atoms with Crippen LogP contribution in [0.25, 0.3) is 21.9 Å². The van der Waals surface area contributed by atoms with Gasteiger partial charge in [0.2, 0.25) is 22.2 Å². The number of anilines is 1. The van der Waals surface area contributed by atoms with Gasteiger partial charge in [0.1, 0.15) is 10.5 Å². The van der Waals surface area contributed by atoms with Crippen LogP contribution < -0.4 is 30.8 Å². The first-order valence-electron chi connectivity index (χ1n) is 17.8. The van der Waals surface area contributed by atoms with E-state index in [1.165, 1.54) is 0 Å². The number of thioether (sulfide) groups is 1. The first kappa shape index (κ1) is 33.8. The molecule has 0 radical (unpaired) electrons. The largest absolute Gasteiger partial charge is 0.506 e. The van der Waals surface area contributed by atoms with Gasteiger partial charge in [0.25, 0.3) is 5.01 Å². The number of thiazole rings is 1. The van der Waals surface area contributed by atoms with Crippen molar-refractivity contribution < 1.29 is 14.5 Å². The number of aryl methyl sites for hydroxylation is 1. The summed E-state index contributed by atoms with van der Waals surface area (Å²) in [7, 11) is 0. The lowest BCUT2D eigenvalue weighted by Crippen LogP contribution is -2.50. The molecule has 1 aliphatic heterocycles. The van der Waals surface area contributed by atoms with E-state index < -0.39 is 0 Å². The van der Waals surface area contributed by atoms with Crippen LogP contribution in [0.2, 0.25) is 0 Å². The quantitative estimate of drug-likeness (QED) is 0.175. The van der Waals surface area contributed by atoms with Gasteiger partial charge in [0.15, 0.2) is 6.54 Å². The number of aromatic nitrogens is 1. The summed E-state index contributed by atoms with van der Waals surface area (Å²) < 4.78 is 3.34. The van der Waals surface area contributed by atoms with Gasteiger partial charge in [0.05, 0.1) is 32.3 Å². The van der Waals surface area contributed by atoms with E-state index in [1.807, 2.05) is 78.9 Å². The molecule has 2 aliphatic rings. The summed E-state index contributed by atoms with van der Waals surface area (Å²) in [5.74, 6) is -0.150. The molecule has 8 rings (SSSR count). The molecule has 0 atom stereocenters. The highest BCUT2D eigenvalue weighted by atomic mass is 32.2. The van der Waals surface area contributed by atoms with Crippen LogP contribution in [0, 0.1) is 20.9 Å². The molecular weight excluding hydrogens is 685 g/mol. The number of unbranched alkanes of at least 4 members (excludes halogenated alkanes) is 2. The standard InChI is InChI=1S/C44H36N2O4S2/c1-3-5-23-45-33-11-7-9-13-35(33)51-37(45)25-31-41(47)39(42(31)48)29-19-15-27(16-20-29)28-17-21-30(22-18-28)40-43(49)32(44(40)50)26-38-46(24-6-4-2)34-12-8-10-14-36(34)52-38/h7-22,25-26H,3-6,23-24H2,1-2H3/p+1/b37-25+. The van der Waals surface area contributed by atoms with Crippen molar-refractivity contribution in [2.75, 3.05) is 11.4 Å². The third kappa shape index (κ3) is 5.86. The SMILES string of the molecule is CCCCN1/C(=C\C2=C(O)C(=c3ccc(=c4ccc(=c5c(=O)c(=Cc6sc7ccccc7[n+]6CCCC)c5=O)cc4)cc3)C2=O)Sc2ccccc21. The van der Waals surface area contributed by atoms with Gasteiger partial charge in [-0.05, 0) is 51.6 Å². The van der Waals surface area contributed by atoms with Gasteiger partial charge in [-0.15, -0.1) is 0 Å². The van der Waals surface area contributed by atoms with Crippen molar-refractivity contribution in [3.05, 3.63) is 176 Å². The molecule has 1 N–H and O–H groups in total. The van der Waals surface area contributed by atoms with Gasteiger partial charge >= 0.3 is 0 Å². The molecule has 1 aliphatic carbocycles. The molecule has 0 fully saturated rings. The highest BCUT2D eigenvalue weighted by molar-refractivity contribution is 8.03. The Morgan fingerprint density at radius 1 is 0.731 bits per heavy atom. The van der Waals surface area contributed by atoms with Crippen molar-refractivity contribution in [2.45, 2.75) is 51.0 Å². The number of aliphatic hydroxyl groups excluding tert-OH is 1. The smallest absolute Gasteiger partial charge is 0.263 e. The number of nitrogens with zero attached hydrogens (tertiary/aromatic N) is 2. The second kappa shape index (κ2) is 14.0. The summed E-state index contributed by atoms with van der Waals surface area (Å²) in [6, 6.07) is 31.3. The van der Waals surface area contributed by atoms with Crippen LogP contribution in [-0.4, -0.2) is 17.4 Å². The lowest BCUT2D eigenvalue weighted by Gasteiger charge is -2.23. The number of ketones is 1. The fourth-order valence-corrected chi connectivity index (χ4v) is 9.21. The van der Waals surface area contributed by atoms with Crippen molar-refractivity contribution in [1.29, 1.82) is 0 Å². The number of hydrogen-bond acceptors (Lipinski definition) is 7. The van der Waals surface area contributed by atoms with Crippen molar-refractivity contribution in [3.63, 3.8) is 0 Å². The zero-order valence-electron chi connectivity index (χ0n) is 29.0. The number of Topliss-reactive ketones (excluding diaryl/α,β-unsaturated/α-hetero) is 1. The van der Waals surface area contributed by atoms with Crippen LogP contribution in [0.5, 0.6) is 0 Å². The second-order valence-corrected chi connectivity index (χ2v) is 15.3. The molecule has 0 spiro atoms. The summed E-state index contributed by atoms with van der Waals surface area (Å²) in [5.41, 5.74) is 2.46. The Morgan fingerprint density at radius 2 is 1.37 bits per heavy atom. The zero-order chi connectivity index (χ0) is 35.9. The number of rotatable bonds is 8. The highest BCUT2D eigenvalue weighted by Crippen LogP contribution is 2.47. The first-order chi connectivity index (χ1) is 25.4. The second-order valence-electron chi connectivity index (χ2n) is 13.2. The van der Waals surface area contributed by atoms with Gasteiger partial charge in [-0.3, -0.25) is 14.4 Å². The van der Waals surface area contributed by atoms with Crippen LogP contribution in [0.1, 0.15) is 44.5 Å². The Balaban J connectivity index is 1.10. The average Bonchev–Trinajstić information content (AvgIpc) is 3.72. The zero-order valence-corrected chi connectivity index (χ0v) is 30.7. The van der Waals surface area contributed by atoms with Gasteiger partial charge in [-0.1, -0.05) is 123 Å². The fourth-order valence-electron chi connectivity index (χ4n) is 6.95. The van der Waals surface area contributed by atoms with Gasteiger partial charge in [0, 0.05) is 30.0 Å². The number of aliphatic hydroxyl groups is 1. The van der Waals surface area contributed by atoms with E-state index in [0.29, 0.717) is 21.6 Å². The number of para-hydroxylation sites is 2. The molecule has 1 aromatic heterocycles. The molecule has 258 valence electrons. The van der Waals surface area contributed by atoms with Crippen LogP contribution in [0.3, 0.4) is 0 Å². The third-order valence-electron chi connectivity index (χ3n) is 9.87. The maximum atomic E-state index is 13.3. The maximum Gasteiger partial charge on any atom is 0.263 e. The first-order valence-corrected chi connectivity index (χ1v) is 19.4. The average molecular weight is 722 g/mol. The minimum Gasteiger partial charge on any atom is -0.506 e. The van der Waals surface area contributed by atoms with E-state index >= 15 is 0 Å². The summed E-state index contributed by atoms with van der Waals surface area (Å²) in [6.07, 6.45) is 7.73. The lowest BCUT2D eigenvalue weighted by molar-refractivity contribution is -0.669. The molecule has 6 aromatic rings. The molecule has 0 bridgehead atoms. The molecule has 0 amide bonds. The molecule has 2 heterocycles. The number of fused-ring (bicyclic) bond motifs is 2. The van der Waals surface area contributed by atoms with E-state index in [-0.39, 0.29) is 32.8 Å². The summed E-state index contributed by atoms with van der Waals surface area (Å²) >= 11 is 3.22. The van der Waals surface area contributed by atoms with Crippen molar-refractivity contribution in [2.24, 2.45) is 0 Å². The van der Waals surface area contributed by atoms with Crippen LogP contribution in [0.4, 0.5) is 5.69 Å². The van der Waals surface area contributed by atoms with Crippen LogP contribution in [-0.2, 0) is 11.3 Å². The predicted octanol–water partition coefficient (Wildman–Crippen LogP) is 6.79. The van der Waals surface area contributed by atoms with Crippen molar-refractivity contribution >= 4 is 56.4 Å². The van der Waals surface area contributed by atoms with E-state index in [0.717, 1.165) is 80.0 Å². The number of benzene rings is 4. The van der Waals surface area contributed by atoms with E-state index in [4.69, 9.17) is 0 Å². The molecule has 0 saturated carbocycles. The highest BCUT2D eigenvalue weighted by Gasteiger charge is 2.35. The van der Waals surface area contributed by atoms with E-state index in [2.05, 4.69) is 47.6 Å². The molecule has 6 nitrogen and oxygen atoms in total. The minimum absolute atomic E-state index is 0.0185. The van der Waals surface area contributed by atoms with Gasteiger partial charge in [-0.2, -0.15) is 4.57 Å². The Labute approximate surface area is 308 Å². The summed E-state index contributed by atoms with van der Waals surface area (Å²) in [5, 5.41) is 16.4. The molecule has 5 aromatic carbocycles. The number of allylic oxidation sites excluding steroid dienone is 3. The van der Waals surface area contributed by atoms with E-state index in [9.17, 15) is 19.5 Å². The van der Waals surface area contributed by atoms with Gasteiger partial charge < -0.3 is 10.0 Å². The molecular formula is C44H37N2O4S2+. The van der Waals surface area contributed by atoms with Crippen molar-refractivity contribution in [3.8, 4) is 0 Å². The maximum absolute atomic E-state index is 13.3. The normalized spacial score (nSPS) is 14.9. The summed E-state index contributed by atoms with van der Waals surface area (Å²) in [6.45, 7) is 6.00. The molecule has 52 heavy (non-hydrogen) atoms. The van der Waals surface area contributed by atoms with Crippen LogP contribution >= 0.6 is 23.1 Å². The Morgan fingerprint density at radius 3 is 2.06 bits per heavy atom. The Kier molecular flexibility index (Phi) is 9.11. The topological polar surface area (TPSA) is 78.6 Å². The van der Waals surface area contributed by atoms with E-state index in [1.54, 1.807) is 29.2 Å². The molecule has 0 unspecified atom stereocenters. The van der Waals surface area contributed by atoms with Crippen molar-refractivity contribution in [1.82, 2.24) is 0 Å². The third-order valence-corrected chi connectivity index (χ3v) is 12.1. The van der Waals surface area contributed by atoms with Gasteiger partial charge in [-0.25, -0.2) is 0 Å². The minimum atomic E-state index is -0.226. The number of hydrogen-bond donors (Lipinski definition) is 1. The predicted molar refractivity (Wildman–Crippen MR) is 210 cm³/mol. The summed E-state index contributed by atoms with van der Waals surface area (Å²) in [4.78, 5) is 43.3. The lowest BCUT2D eigenvalue weighted by atomic mass is 9.86. The van der Waals surface area contributed by atoms with Crippen LogP contribution in [0.15, 0.2) is 134 Å². The fraction of sp³-hybridized carbons (Fsp3) is 0.182. The molecule has 0 saturated heterocycles. The number of carbonyl (C=O) groups is 1. The number of carbonyl (C=O) groups excluding carboxylic acids is 1.